The zero-order valence-corrected chi connectivity index (χ0v) is 17.4. The SMILES string of the molecule is CN=C(NCC(=O)N(C)C)NC1CCc2nc(C(C)C)nn2C1.I. The average Bonchev–Trinajstić information content (AvgIpc) is 2.94. The second-order valence-electron chi connectivity index (χ2n) is 6.32. The molecule has 9 heteroatoms. The fourth-order valence-corrected chi connectivity index (χ4v) is 2.40. The van der Waals surface area contributed by atoms with Crippen molar-refractivity contribution in [3.05, 3.63) is 11.6 Å². The van der Waals surface area contributed by atoms with E-state index in [-0.39, 0.29) is 42.5 Å². The Bertz CT molecular complexity index is 582. The summed E-state index contributed by atoms with van der Waals surface area (Å²) in [5, 5.41) is 11.0. The van der Waals surface area contributed by atoms with E-state index in [0.717, 1.165) is 31.0 Å². The number of likely N-dealkylation sites (N-methyl/N-ethyl adjacent to an activating group) is 1. The number of amides is 1. The van der Waals surface area contributed by atoms with Gasteiger partial charge in [-0.2, -0.15) is 5.10 Å². The van der Waals surface area contributed by atoms with Crippen LogP contribution in [0.5, 0.6) is 0 Å². The van der Waals surface area contributed by atoms with Crippen LogP contribution in [0.3, 0.4) is 0 Å². The molecule has 1 amide bonds. The fourth-order valence-electron chi connectivity index (χ4n) is 2.40. The van der Waals surface area contributed by atoms with E-state index < -0.39 is 0 Å². The van der Waals surface area contributed by atoms with Gasteiger partial charge in [-0.25, -0.2) is 9.67 Å². The molecule has 1 aromatic heterocycles. The van der Waals surface area contributed by atoms with E-state index in [2.05, 4.69) is 39.6 Å². The van der Waals surface area contributed by atoms with E-state index in [0.29, 0.717) is 11.9 Å². The first-order chi connectivity index (χ1) is 10.9. The van der Waals surface area contributed by atoms with Gasteiger partial charge in [0.05, 0.1) is 13.1 Å². The van der Waals surface area contributed by atoms with Crippen LogP contribution in [0.2, 0.25) is 0 Å². The highest BCUT2D eigenvalue weighted by molar-refractivity contribution is 14.0. The Morgan fingerprint density at radius 2 is 2.17 bits per heavy atom. The summed E-state index contributed by atoms with van der Waals surface area (Å²) in [7, 11) is 5.18. The van der Waals surface area contributed by atoms with Gasteiger partial charge >= 0.3 is 0 Å². The Morgan fingerprint density at radius 1 is 1.46 bits per heavy atom. The summed E-state index contributed by atoms with van der Waals surface area (Å²) in [6.07, 6.45) is 1.86. The second-order valence-corrected chi connectivity index (χ2v) is 6.32. The van der Waals surface area contributed by atoms with Crippen LogP contribution in [0.25, 0.3) is 0 Å². The topological polar surface area (TPSA) is 87.4 Å². The zero-order chi connectivity index (χ0) is 17.0. The van der Waals surface area contributed by atoms with E-state index in [1.165, 1.54) is 0 Å². The number of rotatable bonds is 4. The highest BCUT2D eigenvalue weighted by Crippen LogP contribution is 2.16. The standard InChI is InChI=1S/C15H27N7O.HI/c1-10(2)14-19-12-7-6-11(9-22(12)20-14)18-15(16-3)17-8-13(23)21(4)5;/h10-11H,6-9H2,1-5H3,(H2,16,17,18);1H. The van der Waals surface area contributed by atoms with Gasteiger partial charge in [-0.1, -0.05) is 13.8 Å². The molecule has 24 heavy (non-hydrogen) atoms. The maximum Gasteiger partial charge on any atom is 0.241 e. The van der Waals surface area contributed by atoms with E-state index >= 15 is 0 Å². The van der Waals surface area contributed by atoms with Crippen LogP contribution in [0.15, 0.2) is 4.99 Å². The molecule has 0 fully saturated rings. The second kappa shape index (κ2) is 9.19. The monoisotopic (exact) mass is 449 g/mol. The molecule has 1 unspecified atom stereocenters. The fraction of sp³-hybridized carbons (Fsp3) is 0.733. The van der Waals surface area contributed by atoms with Crippen molar-refractivity contribution < 1.29 is 4.79 Å². The van der Waals surface area contributed by atoms with E-state index in [4.69, 9.17) is 0 Å². The molecule has 0 saturated carbocycles. The first-order valence-corrected chi connectivity index (χ1v) is 8.01. The van der Waals surface area contributed by atoms with Crippen LogP contribution < -0.4 is 10.6 Å². The Labute approximate surface area is 160 Å². The van der Waals surface area contributed by atoms with Crippen molar-refractivity contribution in [2.45, 2.75) is 45.2 Å². The molecule has 1 aliphatic rings. The van der Waals surface area contributed by atoms with Gasteiger partial charge in [0, 0.05) is 39.5 Å². The number of aliphatic imine (C=N–C) groups is 1. The number of carbonyl (C=O) groups is 1. The van der Waals surface area contributed by atoms with Gasteiger partial charge in [0.1, 0.15) is 5.82 Å². The Hall–Kier alpha value is -1.39. The van der Waals surface area contributed by atoms with E-state index in [1.807, 2.05) is 4.68 Å². The molecular formula is C15H28IN7O. The quantitative estimate of drug-likeness (QED) is 0.399. The number of hydrogen-bond donors (Lipinski definition) is 2. The van der Waals surface area contributed by atoms with Crippen LogP contribution >= 0.6 is 24.0 Å². The molecule has 1 aliphatic heterocycles. The smallest absolute Gasteiger partial charge is 0.241 e. The lowest BCUT2D eigenvalue weighted by Gasteiger charge is -2.25. The van der Waals surface area contributed by atoms with Crippen LogP contribution in [-0.2, 0) is 17.8 Å². The molecule has 136 valence electrons. The largest absolute Gasteiger partial charge is 0.352 e. The molecule has 1 atom stereocenters. The Balaban J connectivity index is 0.00000288. The van der Waals surface area contributed by atoms with Crippen LogP contribution in [0, 0.1) is 0 Å². The Morgan fingerprint density at radius 3 is 2.75 bits per heavy atom. The number of fused-ring (bicyclic) bond motifs is 1. The van der Waals surface area contributed by atoms with Gasteiger partial charge in [-0.05, 0) is 6.42 Å². The summed E-state index contributed by atoms with van der Waals surface area (Å²) in [5.74, 6) is 2.94. The van der Waals surface area contributed by atoms with Crippen LogP contribution in [0.1, 0.15) is 37.8 Å². The molecule has 1 aromatic rings. The molecule has 2 rings (SSSR count). The summed E-state index contributed by atoms with van der Waals surface area (Å²) < 4.78 is 1.98. The van der Waals surface area contributed by atoms with Gasteiger partial charge < -0.3 is 15.5 Å². The number of carbonyl (C=O) groups excluding carboxylic acids is 1. The minimum absolute atomic E-state index is 0. The third-order valence-electron chi connectivity index (χ3n) is 3.86. The summed E-state index contributed by atoms with van der Waals surface area (Å²) in [6.45, 7) is 5.19. The molecule has 2 N–H and O–H groups in total. The lowest BCUT2D eigenvalue weighted by Crippen LogP contribution is -2.49. The number of aromatic nitrogens is 3. The Kier molecular flexibility index (Phi) is 7.91. The molecular weight excluding hydrogens is 421 g/mol. The van der Waals surface area contributed by atoms with Gasteiger partial charge in [-0.3, -0.25) is 9.79 Å². The van der Waals surface area contributed by atoms with Gasteiger partial charge in [-0.15, -0.1) is 24.0 Å². The number of hydrogen-bond acceptors (Lipinski definition) is 4. The third-order valence-corrected chi connectivity index (χ3v) is 3.86. The number of nitrogens with zero attached hydrogens (tertiary/aromatic N) is 5. The maximum atomic E-state index is 11.6. The highest BCUT2D eigenvalue weighted by atomic mass is 127. The first-order valence-electron chi connectivity index (χ1n) is 8.01. The lowest BCUT2D eigenvalue weighted by atomic mass is 10.1. The van der Waals surface area contributed by atoms with Crippen molar-refractivity contribution >= 4 is 35.8 Å². The van der Waals surface area contributed by atoms with Crippen molar-refractivity contribution in [1.29, 1.82) is 0 Å². The molecule has 0 saturated heterocycles. The minimum Gasteiger partial charge on any atom is -0.352 e. The third kappa shape index (κ3) is 5.32. The summed E-state index contributed by atoms with van der Waals surface area (Å²) >= 11 is 0. The maximum absolute atomic E-state index is 11.6. The van der Waals surface area contributed by atoms with Crippen molar-refractivity contribution in [2.24, 2.45) is 4.99 Å². The molecule has 2 heterocycles. The van der Waals surface area contributed by atoms with Gasteiger partial charge in [0.25, 0.3) is 0 Å². The van der Waals surface area contributed by atoms with Gasteiger partial charge in [0.15, 0.2) is 11.8 Å². The molecule has 0 spiro atoms. The summed E-state index contributed by atoms with van der Waals surface area (Å²) in [5.41, 5.74) is 0. The normalized spacial score (nSPS) is 17.1. The average molecular weight is 449 g/mol. The highest BCUT2D eigenvalue weighted by Gasteiger charge is 2.23. The van der Waals surface area contributed by atoms with Crippen LogP contribution in [-0.4, -0.2) is 65.3 Å². The summed E-state index contributed by atoms with van der Waals surface area (Å²) in [6, 6.07) is 0.227. The van der Waals surface area contributed by atoms with E-state index in [1.54, 1.807) is 26.0 Å². The first kappa shape index (κ1) is 20.7. The van der Waals surface area contributed by atoms with E-state index in [9.17, 15) is 4.79 Å². The van der Waals surface area contributed by atoms with Gasteiger partial charge in [0.2, 0.25) is 5.91 Å². The molecule has 8 nitrogen and oxygen atoms in total. The molecule has 0 radical (unpaired) electrons. The molecule has 0 aliphatic carbocycles. The lowest BCUT2D eigenvalue weighted by molar-refractivity contribution is -0.127. The van der Waals surface area contributed by atoms with Crippen molar-refractivity contribution in [1.82, 2.24) is 30.3 Å². The predicted molar refractivity (Wildman–Crippen MR) is 105 cm³/mol. The molecule has 0 bridgehead atoms. The van der Waals surface area contributed by atoms with Crippen molar-refractivity contribution in [3.63, 3.8) is 0 Å². The number of guanidine groups is 1. The number of halogens is 1. The predicted octanol–water partition coefficient (Wildman–Crippen LogP) is 0.587. The number of nitrogens with one attached hydrogen (secondary N) is 2. The molecule has 0 aromatic carbocycles. The number of aryl methyl sites for hydroxylation is 1. The zero-order valence-electron chi connectivity index (χ0n) is 15.0. The van der Waals surface area contributed by atoms with Crippen molar-refractivity contribution in [3.8, 4) is 0 Å². The van der Waals surface area contributed by atoms with Crippen molar-refractivity contribution in [2.75, 3.05) is 27.7 Å². The minimum atomic E-state index is 0. The van der Waals surface area contributed by atoms with Crippen LogP contribution in [0.4, 0.5) is 0 Å². The summed E-state index contributed by atoms with van der Waals surface area (Å²) in [4.78, 5) is 22.0.